The summed E-state index contributed by atoms with van der Waals surface area (Å²) in [6, 6.07) is 3.29. The molecule has 2 atom stereocenters. The van der Waals surface area contributed by atoms with Crippen LogP contribution in [0.15, 0.2) is 12.1 Å². The molecule has 6 nitrogen and oxygen atoms in total. The fourth-order valence-corrected chi connectivity index (χ4v) is 3.55. The summed E-state index contributed by atoms with van der Waals surface area (Å²) in [5.41, 5.74) is 1.28. The number of hydrogen-bond acceptors (Lipinski definition) is 6. The molecule has 1 aromatic heterocycles. The lowest BCUT2D eigenvalue weighted by Gasteiger charge is -2.14. The minimum atomic E-state index is -0.862. The number of thiazole rings is 1. The van der Waals surface area contributed by atoms with Gasteiger partial charge < -0.3 is 5.32 Å². The molecule has 0 spiro atoms. The molecule has 0 aliphatic carbocycles. The van der Waals surface area contributed by atoms with Crippen LogP contribution < -0.4 is 5.32 Å². The van der Waals surface area contributed by atoms with Gasteiger partial charge in [-0.2, -0.15) is 0 Å². The van der Waals surface area contributed by atoms with Gasteiger partial charge in [-0.05, 0) is 26.3 Å². The maximum atomic E-state index is 11.2. The van der Waals surface area contributed by atoms with Gasteiger partial charge in [0.15, 0.2) is 0 Å². The number of aromatic nitrogens is 1. The van der Waals surface area contributed by atoms with Crippen LogP contribution in [0.1, 0.15) is 18.4 Å². The number of nitro groups is 1. The van der Waals surface area contributed by atoms with Gasteiger partial charge in [-0.3, -0.25) is 14.3 Å². The van der Waals surface area contributed by atoms with Crippen LogP contribution in [-0.4, -0.2) is 32.2 Å². The van der Waals surface area contributed by atoms with E-state index in [0.717, 1.165) is 15.2 Å². The van der Waals surface area contributed by atoms with Crippen LogP contribution in [0.5, 0.6) is 0 Å². The molecule has 0 radical (unpaired) electrons. The summed E-state index contributed by atoms with van der Waals surface area (Å²) in [5.74, 6) is 0.569. The lowest BCUT2D eigenvalue weighted by Crippen LogP contribution is -2.18. The molecule has 0 aliphatic rings. The average molecular weight is 327 g/mol. The minimum Gasteiger partial charge on any atom is -0.377 e. The van der Waals surface area contributed by atoms with Crippen molar-refractivity contribution in [3.63, 3.8) is 0 Å². The molecular formula is C13H17N3O3S2. The predicted molar refractivity (Wildman–Crippen MR) is 87.6 cm³/mol. The van der Waals surface area contributed by atoms with E-state index in [4.69, 9.17) is 0 Å². The van der Waals surface area contributed by atoms with Gasteiger partial charge in [0, 0.05) is 34.9 Å². The third-order valence-corrected chi connectivity index (χ3v) is 4.79. The molecule has 0 saturated carbocycles. The quantitative estimate of drug-likeness (QED) is 0.651. The van der Waals surface area contributed by atoms with Crippen LogP contribution in [-0.2, 0) is 10.8 Å². The average Bonchev–Trinajstić information content (AvgIpc) is 2.74. The lowest BCUT2D eigenvalue weighted by molar-refractivity contribution is -0.383. The molecule has 1 heterocycles. The van der Waals surface area contributed by atoms with Crippen LogP contribution >= 0.6 is 11.3 Å². The number of rotatable bonds is 6. The monoisotopic (exact) mass is 327 g/mol. The Morgan fingerprint density at radius 1 is 1.52 bits per heavy atom. The normalized spacial score (nSPS) is 14.0. The number of benzene rings is 1. The number of hydrogen-bond donors (Lipinski definition) is 1. The first kappa shape index (κ1) is 15.8. The Morgan fingerprint density at radius 2 is 2.24 bits per heavy atom. The van der Waals surface area contributed by atoms with E-state index < -0.39 is 10.8 Å². The van der Waals surface area contributed by atoms with Crippen molar-refractivity contribution in [2.75, 3.05) is 17.3 Å². The van der Waals surface area contributed by atoms with Crippen LogP contribution in [0.25, 0.3) is 10.2 Å². The van der Waals surface area contributed by atoms with Gasteiger partial charge in [0.2, 0.25) is 0 Å². The van der Waals surface area contributed by atoms with Gasteiger partial charge in [-0.15, -0.1) is 11.3 Å². The van der Waals surface area contributed by atoms with Crippen molar-refractivity contribution < 1.29 is 9.13 Å². The highest BCUT2D eigenvalue weighted by molar-refractivity contribution is 7.84. The molecule has 2 unspecified atom stereocenters. The van der Waals surface area contributed by atoms with E-state index in [9.17, 15) is 14.3 Å². The highest BCUT2D eigenvalue weighted by atomic mass is 32.2. The molecule has 0 saturated heterocycles. The zero-order chi connectivity index (χ0) is 15.6. The number of nitro benzene ring substituents is 1. The topological polar surface area (TPSA) is 85.1 Å². The van der Waals surface area contributed by atoms with Crippen molar-refractivity contribution in [1.82, 2.24) is 4.98 Å². The highest BCUT2D eigenvalue weighted by Gasteiger charge is 2.18. The van der Waals surface area contributed by atoms with E-state index in [1.807, 2.05) is 13.8 Å². The molecule has 0 amide bonds. The molecule has 2 rings (SSSR count). The van der Waals surface area contributed by atoms with Crippen molar-refractivity contribution in [3.8, 4) is 0 Å². The summed E-state index contributed by atoms with van der Waals surface area (Å²) in [6.07, 6.45) is 2.34. The van der Waals surface area contributed by atoms with Crippen molar-refractivity contribution in [3.05, 3.63) is 27.3 Å². The second-order valence-corrected chi connectivity index (χ2v) is 7.73. The molecule has 0 fully saturated rings. The molecule has 2 aromatic rings. The van der Waals surface area contributed by atoms with E-state index in [2.05, 4.69) is 10.3 Å². The molecular weight excluding hydrogens is 310 g/mol. The summed E-state index contributed by atoms with van der Waals surface area (Å²) in [6.45, 7) is 3.80. The Kier molecular flexibility index (Phi) is 4.89. The Morgan fingerprint density at radius 3 is 2.86 bits per heavy atom. The van der Waals surface area contributed by atoms with E-state index in [-0.39, 0.29) is 16.7 Å². The summed E-state index contributed by atoms with van der Waals surface area (Å²) >= 11 is 1.44. The molecule has 1 N–H and O–H groups in total. The van der Waals surface area contributed by atoms with Gasteiger partial charge in [-0.25, -0.2) is 4.98 Å². The van der Waals surface area contributed by atoms with Crippen molar-refractivity contribution >= 4 is 43.7 Å². The molecule has 1 aromatic carbocycles. The first-order valence-corrected chi connectivity index (χ1v) is 9.03. The summed E-state index contributed by atoms with van der Waals surface area (Å²) in [4.78, 5) is 15.2. The number of anilines is 1. The zero-order valence-corrected chi connectivity index (χ0v) is 13.7. The Labute approximate surface area is 129 Å². The Bertz CT molecular complexity index is 699. The van der Waals surface area contributed by atoms with E-state index >= 15 is 0 Å². The van der Waals surface area contributed by atoms with Crippen LogP contribution in [0.3, 0.4) is 0 Å². The van der Waals surface area contributed by atoms with Gasteiger partial charge in [0.05, 0.1) is 20.1 Å². The zero-order valence-electron chi connectivity index (χ0n) is 12.1. The van der Waals surface area contributed by atoms with Crippen LogP contribution in [0, 0.1) is 17.0 Å². The van der Waals surface area contributed by atoms with Crippen molar-refractivity contribution in [2.45, 2.75) is 26.3 Å². The standard InChI is InChI=1S/C13H17N3O3S2/c1-8(4-5-21(3)19)14-10-6-11-13(20-9(2)15-11)7-12(10)16(17)18/h6-8,14H,4-5H2,1-3H3. The lowest BCUT2D eigenvalue weighted by atomic mass is 10.2. The fourth-order valence-electron chi connectivity index (χ4n) is 2.03. The van der Waals surface area contributed by atoms with Crippen molar-refractivity contribution in [2.24, 2.45) is 0 Å². The second-order valence-electron chi connectivity index (χ2n) is 4.94. The van der Waals surface area contributed by atoms with E-state index in [0.29, 0.717) is 17.9 Å². The molecule has 21 heavy (non-hydrogen) atoms. The van der Waals surface area contributed by atoms with E-state index in [1.165, 1.54) is 11.3 Å². The maximum Gasteiger partial charge on any atom is 0.293 e. The highest BCUT2D eigenvalue weighted by Crippen LogP contribution is 2.33. The molecule has 114 valence electrons. The SMILES string of the molecule is Cc1nc2cc(NC(C)CCS(C)=O)c([N+](=O)[O-])cc2s1. The Hall–Kier alpha value is -1.54. The summed E-state index contributed by atoms with van der Waals surface area (Å²) < 4.78 is 11.9. The predicted octanol–water partition coefficient (Wildman–Crippen LogP) is 3.08. The third-order valence-electron chi connectivity index (χ3n) is 3.05. The Balaban J connectivity index is 2.29. The molecule has 0 aliphatic heterocycles. The summed E-state index contributed by atoms with van der Waals surface area (Å²) in [7, 11) is -0.862. The minimum absolute atomic E-state index is 0.00443. The van der Waals surface area contributed by atoms with Gasteiger partial charge in [0.1, 0.15) is 5.69 Å². The second kappa shape index (κ2) is 6.48. The largest absolute Gasteiger partial charge is 0.377 e. The number of fused-ring (bicyclic) bond motifs is 1. The number of nitrogens with zero attached hydrogens (tertiary/aromatic N) is 2. The van der Waals surface area contributed by atoms with Crippen molar-refractivity contribution in [1.29, 1.82) is 0 Å². The smallest absolute Gasteiger partial charge is 0.293 e. The fraction of sp³-hybridized carbons (Fsp3) is 0.462. The molecule has 8 heteroatoms. The first-order chi connectivity index (χ1) is 9.86. The number of aryl methyl sites for hydroxylation is 1. The van der Waals surface area contributed by atoms with Crippen LogP contribution in [0.4, 0.5) is 11.4 Å². The number of nitrogens with one attached hydrogen (secondary N) is 1. The maximum absolute atomic E-state index is 11.2. The molecule has 0 bridgehead atoms. The van der Waals surface area contributed by atoms with Gasteiger partial charge in [0.25, 0.3) is 5.69 Å². The van der Waals surface area contributed by atoms with E-state index in [1.54, 1.807) is 18.4 Å². The van der Waals surface area contributed by atoms with Crippen LogP contribution in [0.2, 0.25) is 0 Å². The third kappa shape index (κ3) is 3.98. The van der Waals surface area contributed by atoms with Gasteiger partial charge in [-0.1, -0.05) is 0 Å². The first-order valence-electron chi connectivity index (χ1n) is 6.49. The van der Waals surface area contributed by atoms with Gasteiger partial charge >= 0.3 is 0 Å². The summed E-state index contributed by atoms with van der Waals surface area (Å²) in [5, 5.41) is 15.2.